The van der Waals surface area contributed by atoms with Crippen molar-refractivity contribution in [2.24, 2.45) is 0 Å². The van der Waals surface area contributed by atoms with Crippen LogP contribution in [0.15, 0.2) is 0 Å². The molecule has 5 heteroatoms. The zero-order chi connectivity index (χ0) is 3.58. The van der Waals surface area contributed by atoms with Crippen LogP contribution in [0.25, 0.3) is 0 Å². The molecule has 0 aliphatic carbocycles. The van der Waals surface area contributed by atoms with E-state index in [1.54, 1.807) is 0 Å². The molecule has 0 aromatic heterocycles. The summed E-state index contributed by atoms with van der Waals surface area (Å²) in [5.41, 5.74) is 0. The van der Waals surface area contributed by atoms with Gasteiger partial charge in [0.05, 0.1) is 0 Å². The standard InChI is InChI=1S/C2H4O2.H2O.2Zn/c1-2(3)4;;;/h1H3,(H,3,4);1H2;;. The second kappa shape index (κ2) is 15.9. The van der Waals surface area contributed by atoms with Crippen molar-refractivity contribution in [3.05, 3.63) is 0 Å². The van der Waals surface area contributed by atoms with Crippen LogP contribution in [-0.4, -0.2) is 16.6 Å². The van der Waals surface area contributed by atoms with Gasteiger partial charge in [0.25, 0.3) is 5.97 Å². The van der Waals surface area contributed by atoms with Crippen molar-refractivity contribution in [3.8, 4) is 0 Å². The fourth-order valence-corrected chi connectivity index (χ4v) is 0. The first kappa shape index (κ1) is 25.3. The molecule has 0 amide bonds. The average molecular weight is 209 g/mol. The van der Waals surface area contributed by atoms with Crippen LogP contribution in [0.4, 0.5) is 0 Å². The Kier molecular flexibility index (Phi) is 57.6. The van der Waals surface area contributed by atoms with E-state index >= 15 is 0 Å². The molecule has 0 spiro atoms. The molecule has 0 saturated carbocycles. The van der Waals surface area contributed by atoms with Crippen molar-refractivity contribution in [1.82, 2.24) is 0 Å². The second-order valence-electron chi connectivity index (χ2n) is 0.519. The van der Waals surface area contributed by atoms with Crippen LogP contribution in [0.1, 0.15) is 6.92 Å². The summed E-state index contributed by atoms with van der Waals surface area (Å²) in [7, 11) is 0. The zero-order valence-electron chi connectivity index (χ0n) is 4.27. The minimum Gasteiger partial charge on any atom is -0.481 e. The quantitative estimate of drug-likeness (QED) is 0.533. The molecule has 0 aromatic rings. The number of hydrogen-bond donors (Lipinski definition) is 1. The summed E-state index contributed by atoms with van der Waals surface area (Å²) in [6, 6.07) is 0. The first-order valence-electron chi connectivity index (χ1n) is 0.928. The van der Waals surface area contributed by atoms with E-state index in [2.05, 4.69) is 0 Å². The molecule has 3 N–H and O–H groups in total. The summed E-state index contributed by atoms with van der Waals surface area (Å²) < 4.78 is 0. The Morgan fingerprint density at radius 2 is 1.43 bits per heavy atom. The molecule has 3 nitrogen and oxygen atoms in total. The van der Waals surface area contributed by atoms with Crippen molar-refractivity contribution in [1.29, 1.82) is 0 Å². The molecule has 0 unspecified atom stereocenters. The molecule has 0 aromatic carbocycles. The maximum Gasteiger partial charge on any atom is 0.300 e. The first-order chi connectivity index (χ1) is 1.73. The summed E-state index contributed by atoms with van der Waals surface area (Å²) in [6.07, 6.45) is 0. The number of aliphatic carboxylic acids is 1. The van der Waals surface area contributed by atoms with Gasteiger partial charge in [-0.15, -0.1) is 0 Å². The number of rotatable bonds is 0. The van der Waals surface area contributed by atoms with Crippen LogP contribution in [0.3, 0.4) is 0 Å². The maximum atomic E-state index is 9.00. The van der Waals surface area contributed by atoms with Crippen molar-refractivity contribution in [2.75, 3.05) is 0 Å². The van der Waals surface area contributed by atoms with E-state index in [9.17, 15) is 0 Å². The predicted octanol–water partition coefficient (Wildman–Crippen LogP) is -0.739. The molecule has 36 valence electrons. The number of carbonyl (C=O) groups is 1. The van der Waals surface area contributed by atoms with Crippen molar-refractivity contribution in [3.63, 3.8) is 0 Å². The Morgan fingerprint density at radius 3 is 1.43 bits per heavy atom. The van der Waals surface area contributed by atoms with Gasteiger partial charge in [0.2, 0.25) is 0 Å². The topological polar surface area (TPSA) is 68.8 Å². The van der Waals surface area contributed by atoms with E-state index in [0.29, 0.717) is 0 Å². The van der Waals surface area contributed by atoms with Gasteiger partial charge < -0.3 is 10.6 Å². The summed E-state index contributed by atoms with van der Waals surface area (Å²) in [5, 5.41) is 7.42. The largest absolute Gasteiger partial charge is 0.481 e. The molecule has 0 bridgehead atoms. The number of carboxylic acids is 1. The molecule has 0 heterocycles. The van der Waals surface area contributed by atoms with Crippen molar-refractivity contribution in [2.45, 2.75) is 6.92 Å². The van der Waals surface area contributed by atoms with E-state index < -0.39 is 5.97 Å². The van der Waals surface area contributed by atoms with Gasteiger partial charge >= 0.3 is 0 Å². The molecule has 0 fully saturated rings. The van der Waals surface area contributed by atoms with Gasteiger partial charge in [-0.2, -0.15) is 0 Å². The molecular weight excluding hydrogens is 203 g/mol. The Morgan fingerprint density at radius 1 is 1.43 bits per heavy atom. The van der Waals surface area contributed by atoms with Gasteiger partial charge in [0.15, 0.2) is 0 Å². The van der Waals surface area contributed by atoms with Crippen molar-refractivity contribution < 1.29 is 54.3 Å². The molecule has 0 atom stereocenters. The van der Waals surface area contributed by atoms with E-state index in [1.807, 2.05) is 0 Å². The van der Waals surface area contributed by atoms with E-state index in [4.69, 9.17) is 9.90 Å². The minimum atomic E-state index is -0.833. The zero-order valence-corrected chi connectivity index (χ0v) is 10.2. The smallest absolute Gasteiger partial charge is 0.300 e. The first-order valence-corrected chi connectivity index (χ1v) is 0.928. The van der Waals surface area contributed by atoms with E-state index in [-0.39, 0.29) is 44.4 Å². The number of carboxylic acid groups (broad SMARTS) is 1. The SMILES string of the molecule is CC(=O)O.O.[Zn].[Zn]. The summed E-state index contributed by atoms with van der Waals surface area (Å²) in [6.45, 7) is 1.08. The maximum absolute atomic E-state index is 9.00. The Hall–Kier alpha value is 0.677. The van der Waals surface area contributed by atoms with Gasteiger partial charge in [-0.25, -0.2) is 0 Å². The molecule has 0 rings (SSSR count). The van der Waals surface area contributed by atoms with Gasteiger partial charge in [-0.05, 0) is 0 Å². The van der Waals surface area contributed by atoms with Crippen molar-refractivity contribution >= 4 is 5.97 Å². The fourth-order valence-electron chi connectivity index (χ4n) is 0. The normalized spacial score (nSPS) is 3.57. The molecule has 0 saturated heterocycles. The minimum absolute atomic E-state index is 0. The Balaban J connectivity index is -0.0000000150. The van der Waals surface area contributed by atoms with Crippen LogP contribution in [0, 0.1) is 0 Å². The predicted molar refractivity (Wildman–Crippen MR) is 16.9 cm³/mol. The van der Waals surface area contributed by atoms with E-state index in [0.717, 1.165) is 6.92 Å². The van der Waals surface area contributed by atoms with Crippen LogP contribution in [0.5, 0.6) is 0 Å². The molecule has 7 heavy (non-hydrogen) atoms. The third kappa shape index (κ3) is 319. The number of hydrogen-bond acceptors (Lipinski definition) is 1. The van der Waals surface area contributed by atoms with Gasteiger partial charge in [0.1, 0.15) is 0 Å². The Bertz CT molecular complexity index is 33.9. The van der Waals surface area contributed by atoms with Gasteiger partial charge in [-0.1, -0.05) is 0 Å². The van der Waals surface area contributed by atoms with Crippen LogP contribution < -0.4 is 0 Å². The van der Waals surface area contributed by atoms with E-state index in [1.165, 1.54) is 0 Å². The monoisotopic (exact) mass is 206 g/mol. The Labute approximate surface area is 67.3 Å². The average Bonchev–Trinajstić information content (AvgIpc) is 0.811. The summed E-state index contributed by atoms with van der Waals surface area (Å²) in [5.74, 6) is -0.833. The van der Waals surface area contributed by atoms with Gasteiger partial charge in [0, 0.05) is 45.9 Å². The summed E-state index contributed by atoms with van der Waals surface area (Å²) >= 11 is 0. The third-order valence-electron chi connectivity index (χ3n) is 0. The molecule has 0 radical (unpaired) electrons. The third-order valence-corrected chi connectivity index (χ3v) is 0. The fraction of sp³-hybridized carbons (Fsp3) is 0.500. The summed E-state index contributed by atoms with van der Waals surface area (Å²) in [4.78, 5) is 9.00. The van der Waals surface area contributed by atoms with Crippen LogP contribution in [0.2, 0.25) is 0 Å². The molecule has 0 aliphatic heterocycles. The molecule has 0 aliphatic rings. The second-order valence-corrected chi connectivity index (χ2v) is 0.519. The van der Waals surface area contributed by atoms with Gasteiger partial charge in [-0.3, -0.25) is 4.79 Å². The molecular formula is C2H6O3Zn2. The van der Waals surface area contributed by atoms with Crippen LogP contribution >= 0.6 is 0 Å². The van der Waals surface area contributed by atoms with Crippen LogP contribution in [-0.2, 0) is 43.8 Å².